The number of anilines is 1. The van der Waals surface area contributed by atoms with Crippen LogP contribution < -0.4 is 16.4 Å². The highest BCUT2D eigenvalue weighted by molar-refractivity contribution is 6.31. The average molecular weight is 584 g/mol. The molecular formula is C28H31ClFN7O4. The molecule has 0 saturated carbocycles. The van der Waals surface area contributed by atoms with Crippen LogP contribution in [-0.2, 0) is 11.3 Å². The molecule has 0 bridgehead atoms. The third kappa shape index (κ3) is 5.84. The van der Waals surface area contributed by atoms with Crippen molar-refractivity contribution in [2.24, 2.45) is 5.73 Å². The maximum absolute atomic E-state index is 14.9. The van der Waals surface area contributed by atoms with Crippen molar-refractivity contribution < 1.29 is 23.6 Å². The molecule has 41 heavy (non-hydrogen) atoms. The number of piperazine rings is 1. The number of aromatic nitrogens is 1. The van der Waals surface area contributed by atoms with Crippen molar-refractivity contribution in [3.8, 4) is 0 Å². The zero-order valence-electron chi connectivity index (χ0n) is 22.5. The number of hydrogen-bond acceptors (Lipinski definition) is 5. The summed E-state index contributed by atoms with van der Waals surface area (Å²) in [5.74, 6) is -1.42. The number of carbonyl (C=O) groups is 4. The van der Waals surface area contributed by atoms with Gasteiger partial charge in [0, 0.05) is 62.0 Å². The summed E-state index contributed by atoms with van der Waals surface area (Å²) in [5, 5.41) is 5.91. The van der Waals surface area contributed by atoms with E-state index in [2.05, 4.69) is 15.5 Å². The lowest BCUT2D eigenvalue weighted by Crippen LogP contribution is -2.47. The van der Waals surface area contributed by atoms with E-state index in [9.17, 15) is 23.6 Å². The topological polar surface area (TPSA) is 133 Å². The van der Waals surface area contributed by atoms with Gasteiger partial charge in [-0.3, -0.25) is 14.2 Å². The third-order valence-electron chi connectivity index (χ3n) is 7.60. The van der Waals surface area contributed by atoms with Gasteiger partial charge >= 0.3 is 12.1 Å². The molecule has 5 rings (SSSR count). The first kappa shape index (κ1) is 28.4. The van der Waals surface area contributed by atoms with Crippen molar-refractivity contribution in [2.45, 2.75) is 25.4 Å². The first-order valence-corrected chi connectivity index (χ1v) is 13.7. The van der Waals surface area contributed by atoms with Gasteiger partial charge in [-0.05, 0) is 38.1 Å². The predicted molar refractivity (Wildman–Crippen MR) is 152 cm³/mol. The van der Waals surface area contributed by atoms with Gasteiger partial charge in [-0.25, -0.2) is 14.0 Å². The maximum Gasteiger partial charge on any atom is 0.323 e. The molecule has 0 unspecified atom stereocenters. The molecule has 1 atom stereocenters. The second-order valence-electron chi connectivity index (χ2n) is 10.3. The predicted octanol–water partition coefficient (Wildman–Crippen LogP) is 3.06. The molecule has 5 amide bonds. The van der Waals surface area contributed by atoms with Crippen LogP contribution in [-0.4, -0.2) is 89.0 Å². The summed E-state index contributed by atoms with van der Waals surface area (Å²) in [6.07, 6.45) is 2.47. The molecule has 2 aliphatic heterocycles. The summed E-state index contributed by atoms with van der Waals surface area (Å²) < 4.78 is 16.1. The summed E-state index contributed by atoms with van der Waals surface area (Å²) in [6, 6.07) is 7.72. The van der Waals surface area contributed by atoms with Gasteiger partial charge in [0.15, 0.2) is 0 Å². The maximum atomic E-state index is 14.9. The van der Waals surface area contributed by atoms with Crippen LogP contribution in [0.2, 0.25) is 5.02 Å². The monoisotopic (exact) mass is 583 g/mol. The molecule has 3 heterocycles. The summed E-state index contributed by atoms with van der Waals surface area (Å²) in [5.41, 5.74) is 6.73. The SMILES string of the molecule is CN1CCN(C(=O)c2cc(Cl)c(F)c(CNC(=O)[C@@H]3CCCN3C(=O)Nc3cn(C(N)=O)c4ccccc34)c2)CC1. The van der Waals surface area contributed by atoms with Crippen LogP contribution in [0.25, 0.3) is 10.9 Å². The van der Waals surface area contributed by atoms with Gasteiger partial charge in [-0.2, -0.15) is 0 Å². The highest BCUT2D eigenvalue weighted by atomic mass is 35.5. The summed E-state index contributed by atoms with van der Waals surface area (Å²) >= 11 is 6.11. The largest absolute Gasteiger partial charge is 0.351 e. The molecule has 4 N–H and O–H groups in total. The van der Waals surface area contributed by atoms with E-state index in [-0.39, 0.29) is 28.6 Å². The van der Waals surface area contributed by atoms with Crippen LogP contribution in [0.15, 0.2) is 42.6 Å². The highest BCUT2D eigenvalue weighted by Gasteiger charge is 2.34. The Kier molecular flexibility index (Phi) is 8.13. The quantitative estimate of drug-likeness (QED) is 0.425. The summed E-state index contributed by atoms with van der Waals surface area (Å²) in [6.45, 7) is 2.72. The first-order chi connectivity index (χ1) is 19.6. The van der Waals surface area contributed by atoms with E-state index in [1.807, 2.05) is 7.05 Å². The Balaban J connectivity index is 1.26. The molecule has 0 aliphatic carbocycles. The van der Waals surface area contributed by atoms with Crippen molar-refractivity contribution >= 4 is 52.1 Å². The first-order valence-electron chi connectivity index (χ1n) is 13.3. The third-order valence-corrected chi connectivity index (χ3v) is 7.88. The molecule has 0 spiro atoms. The summed E-state index contributed by atoms with van der Waals surface area (Å²) in [7, 11) is 1.98. The van der Waals surface area contributed by atoms with Crippen molar-refractivity contribution in [1.82, 2.24) is 24.6 Å². The van der Waals surface area contributed by atoms with E-state index in [0.717, 1.165) is 13.1 Å². The number of primary amides is 1. The molecule has 2 aromatic carbocycles. The van der Waals surface area contributed by atoms with Gasteiger partial charge in [0.1, 0.15) is 11.9 Å². The van der Waals surface area contributed by atoms with E-state index in [1.54, 1.807) is 29.2 Å². The van der Waals surface area contributed by atoms with Gasteiger partial charge in [0.05, 0.1) is 16.2 Å². The van der Waals surface area contributed by atoms with E-state index >= 15 is 0 Å². The Bertz CT molecular complexity index is 1520. The minimum Gasteiger partial charge on any atom is -0.351 e. The number of nitrogens with two attached hydrogens (primary N) is 1. The number of halogens is 2. The van der Waals surface area contributed by atoms with Crippen molar-refractivity contribution in [2.75, 3.05) is 45.1 Å². The van der Waals surface area contributed by atoms with Gasteiger partial charge in [0.25, 0.3) is 5.91 Å². The second kappa shape index (κ2) is 11.8. The van der Waals surface area contributed by atoms with Gasteiger partial charge in [-0.15, -0.1) is 0 Å². The Hall–Kier alpha value is -4.16. The molecule has 0 radical (unpaired) electrons. The van der Waals surface area contributed by atoms with Crippen LogP contribution in [0.3, 0.4) is 0 Å². The zero-order valence-corrected chi connectivity index (χ0v) is 23.3. The lowest BCUT2D eigenvalue weighted by atomic mass is 10.1. The molecule has 13 heteroatoms. The molecule has 2 aliphatic rings. The molecule has 2 saturated heterocycles. The lowest BCUT2D eigenvalue weighted by molar-refractivity contribution is -0.124. The number of nitrogens with zero attached hydrogens (tertiary/aromatic N) is 4. The Morgan fingerprint density at radius 1 is 1.07 bits per heavy atom. The number of para-hydroxylation sites is 1. The standard InChI is InChI=1S/C28H31ClFN7O4/c1-34-9-11-35(12-10-34)26(39)17-13-18(24(30)20(29)14-17)15-32-25(38)23-7-4-8-36(23)28(41)33-21-16-37(27(31)40)22-6-3-2-5-19(21)22/h2-3,5-6,13-14,16,23H,4,7-12,15H2,1H3,(H2,31,40)(H,32,38)(H,33,41)/t23-/m0/s1. The fraction of sp³-hybridized carbons (Fsp3) is 0.357. The van der Waals surface area contributed by atoms with E-state index in [1.165, 1.54) is 27.8 Å². The number of benzene rings is 2. The van der Waals surface area contributed by atoms with Crippen LogP contribution in [0.4, 0.5) is 19.7 Å². The number of carbonyl (C=O) groups excluding carboxylic acids is 4. The molecule has 11 nitrogen and oxygen atoms in total. The van der Waals surface area contributed by atoms with E-state index in [0.29, 0.717) is 49.1 Å². The highest BCUT2D eigenvalue weighted by Crippen LogP contribution is 2.28. The number of hydrogen-bond donors (Lipinski definition) is 3. The normalized spacial score (nSPS) is 17.6. The number of likely N-dealkylation sites (tertiary alicyclic amines) is 1. The molecule has 1 aromatic heterocycles. The fourth-order valence-electron chi connectivity index (χ4n) is 5.32. The Labute approximate surface area is 241 Å². The second-order valence-corrected chi connectivity index (χ2v) is 10.7. The van der Waals surface area contributed by atoms with Crippen molar-refractivity contribution in [3.05, 3.63) is 64.6 Å². The van der Waals surface area contributed by atoms with Crippen LogP contribution in [0.1, 0.15) is 28.8 Å². The molecular weight excluding hydrogens is 553 g/mol. The van der Waals surface area contributed by atoms with Crippen LogP contribution >= 0.6 is 11.6 Å². The molecule has 2 fully saturated rings. The van der Waals surface area contributed by atoms with E-state index < -0.39 is 29.8 Å². The van der Waals surface area contributed by atoms with Crippen LogP contribution in [0.5, 0.6) is 0 Å². The van der Waals surface area contributed by atoms with E-state index in [4.69, 9.17) is 17.3 Å². The summed E-state index contributed by atoms with van der Waals surface area (Å²) in [4.78, 5) is 56.4. The number of rotatable bonds is 5. The molecule has 216 valence electrons. The van der Waals surface area contributed by atoms with Gasteiger partial charge < -0.3 is 31.1 Å². The van der Waals surface area contributed by atoms with Crippen molar-refractivity contribution in [3.63, 3.8) is 0 Å². The Morgan fingerprint density at radius 3 is 2.54 bits per heavy atom. The van der Waals surface area contributed by atoms with Gasteiger partial charge in [-0.1, -0.05) is 29.8 Å². The Morgan fingerprint density at radius 2 is 1.80 bits per heavy atom. The smallest absolute Gasteiger partial charge is 0.323 e. The fourth-order valence-corrected chi connectivity index (χ4v) is 5.56. The number of nitrogens with one attached hydrogen (secondary N) is 2. The van der Waals surface area contributed by atoms with Crippen LogP contribution in [0, 0.1) is 5.82 Å². The minimum atomic E-state index is -0.784. The number of amides is 5. The lowest BCUT2D eigenvalue weighted by Gasteiger charge is -2.32. The molecule has 3 aromatic rings. The minimum absolute atomic E-state index is 0.0802. The average Bonchev–Trinajstić information content (AvgIpc) is 3.59. The van der Waals surface area contributed by atoms with Crippen molar-refractivity contribution in [1.29, 1.82) is 0 Å². The number of likely N-dealkylation sites (N-methyl/N-ethyl adjacent to an activating group) is 1. The zero-order chi connectivity index (χ0) is 29.3. The number of fused-ring (bicyclic) bond motifs is 1. The van der Waals surface area contributed by atoms with Gasteiger partial charge in [0.2, 0.25) is 5.91 Å². The number of urea groups is 1.